The van der Waals surface area contributed by atoms with Gasteiger partial charge in [-0.1, -0.05) is 6.07 Å². The first-order valence-corrected chi connectivity index (χ1v) is 9.29. The van der Waals surface area contributed by atoms with Crippen molar-refractivity contribution in [1.82, 2.24) is 14.7 Å². The molecular formula is C20H27N3O2. The number of nitrogens with zero attached hydrogens (tertiary/aromatic N) is 3. The SMILES string of the molecule is COc1cc2c(cc1CN1CCCn3nc(C(C)O)cc3C1)CCC2. The molecule has 0 saturated carbocycles. The van der Waals surface area contributed by atoms with E-state index in [1.54, 1.807) is 14.0 Å². The maximum Gasteiger partial charge on any atom is 0.123 e. The molecule has 4 rings (SSSR count). The van der Waals surface area contributed by atoms with Gasteiger partial charge >= 0.3 is 0 Å². The number of aromatic nitrogens is 2. The van der Waals surface area contributed by atoms with E-state index in [1.165, 1.54) is 41.6 Å². The van der Waals surface area contributed by atoms with Gasteiger partial charge in [-0.15, -0.1) is 0 Å². The van der Waals surface area contributed by atoms with Gasteiger partial charge in [-0.3, -0.25) is 9.58 Å². The molecule has 5 nitrogen and oxygen atoms in total. The van der Waals surface area contributed by atoms with Gasteiger partial charge in [-0.2, -0.15) is 5.10 Å². The normalized spacial score (nSPS) is 18.5. The molecule has 0 spiro atoms. The third-order valence-electron chi connectivity index (χ3n) is 5.43. The van der Waals surface area contributed by atoms with Crippen LogP contribution in [0.25, 0.3) is 0 Å². The summed E-state index contributed by atoms with van der Waals surface area (Å²) in [6.45, 7) is 5.49. The van der Waals surface area contributed by atoms with Crippen LogP contribution in [0.1, 0.15) is 53.9 Å². The molecule has 2 heterocycles. The smallest absolute Gasteiger partial charge is 0.123 e. The Labute approximate surface area is 149 Å². The van der Waals surface area contributed by atoms with Crippen LogP contribution in [0.4, 0.5) is 0 Å². The third kappa shape index (κ3) is 3.31. The van der Waals surface area contributed by atoms with Crippen LogP contribution in [0.2, 0.25) is 0 Å². The van der Waals surface area contributed by atoms with Crippen molar-refractivity contribution in [2.75, 3.05) is 13.7 Å². The summed E-state index contributed by atoms with van der Waals surface area (Å²) in [4.78, 5) is 2.46. The fraction of sp³-hybridized carbons (Fsp3) is 0.550. The molecule has 134 valence electrons. The minimum absolute atomic E-state index is 0.510. The Bertz CT molecular complexity index is 767. The molecule has 1 aliphatic heterocycles. The predicted molar refractivity (Wildman–Crippen MR) is 96.6 cm³/mol. The summed E-state index contributed by atoms with van der Waals surface area (Å²) in [5.74, 6) is 1.02. The summed E-state index contributed by atoms with van der Waals surface area (Å²) < 4.78 is 7.73. The standard InChI is InChI=1S/C20H27N3O2/c1-14(24)19-11-18-13-22(7-4-8-23(18)21-19)12-17-9-15-5-3-6-16(15)10-20(17)25-2/h9-11,14,24H,3-8,12-13H2,1-2H3. The van der Waals surface area contributed by atoms with E-state index < -0.39 is 6.10 Å². The van der Waals surface area contributed by atoms with Crippen LogP contribution in [0.15, 0.2) is 18.2 Å². The van der Waals surface area contributed by atoms with Crippen LogP contribution in [-0.4, -0.2) is 33.4 Å². The number of ether oxygens (including phenoxy) is 1. The second-order valence-corrected chi connectivity index (χ2v) is 7.31. The van der Waals surface area contributed by atoms with Crippen molar-refractivity contribution in [3.8, 4) is 5.75 Å². The van der Waals surface area contributed by atoms with Gasteiger partial charge in [0.05, 0.1) is 24.6 Å². The van der Waals surface area contributed by atoms with E-state index in [2.05, 4.69) is 26.8 Å². The molecule has 0 bridgehead atoms. The van der Waals surface area contributed by atoms with Gasteiger partial charge in [0.25, 0.3) is 0 Å². The Kier molecular flexibility index (Phi) is 4.52. The highest BCUT2D eigenvalue weighted by molar-refractivity contribution is 5.44. The van der Waals surface area contributed by atoms with Gasteiger partial charge in [-0.05, 0) is 55.9 Å². The quantitative estimate of drug-likeness (QED) is 0.929. The number of aryl methyl sites for hydroxylation is 3. The van der Waals surface area contributed by atoms with Crippen molar-refractivity contribution in [2.24, 2.45) is 0 Å². The third-order valence-corrected chi connectivity index (χ3v) is 5.43. The molecule has 2 aromatic rings. The monoisotopic (exact) mass is 341 g/mol. The number of rotatable bonds is 4. The lowest BCUT2D eigenvalue weighted by atomic mass is 10.0. The number of methoxy groups -OCH3 is 1. The van der Waals surface area contributed by atoms with Crippen LogP contribution < -0.4 is 4.74 Å². The number of benzene rings is 1. The Balaban J connectivity index is 1.56. The number of aliphatic hydroxyl groups is 1. The summed E-state index contributed by atoms with van der Waals surface area (Å²) in [7, 11) is 1.77. The molecule has 1 atom stereocenters. The lowest BCUT2D eigenvalue weighted by molar-refractivity contribution is 0.193. The average molecular weight is 341 g/mol. The van der Waals surface area contributed by atoms with Gasteiger partial charge in [0.15, 0.2) is 0 Å². The number of hydrogen-bond donors (Lipinski definition) is 1. The number of fused-ring (bicyclic) bond motifs is 2. The summed E-state index contributed by atoms with van der Waals surface area (Å²) in [6, 6.07) is 6.64. The fourth-order valence-corrected chi connectivity index (χ4v) is 4.10. The first kappa shape index (κ1) is 16.6. The van der Waals surface area contributed by atoms with Crippen molar-refractivity contribution >= 4 is 0 Å². The molecule has 0 radical (unpaired) electrons. The summed E-state index contributed by atoms with van der Waals surface area (Å²) in [5.41, 5.74) is 6.19. The molecule has 25 heavy (non-hydrogen) atoms. The Hall–Kier alpha value is -1.85. The second-order valence-electron chi connectivity index (χ2n) is 7.31. The van der Waals surface area contributed by atoms with Crippen molar-refractivity contribution in [2.45, 2.75) is 58.3 Å². The maximum absolute atomic E-state index is 9.80. The van der Waals surface area contributed by atoms with Crippen LogP contribution in [0, 0.1) is 0 Å². The van der Waals surface area contributed by atoms with Crippen LogP contribution >= 0.6 is 0 Å². The Morgan fingerprint density at radius 2 is 1.96 bits per heavy atom. The largest absolute Gasteiger partial charge is 0.496 e. The van der Waals surface area contributed by atoms with Crippen LogP contribution in [-0.2, 0) is 32.5 Å². The van der Waals surface area contributed by atoms with Crippen molar-refractivity contribution in [1.29, 1.82) is 0 Å². The van der Waals surface area contributed by atoms with Gasteiger partial charge in [-0.25, -0.2) is 0 Å². The zero-order valence-corrected chi connectivity index (χ0v) is 15.2. The highest BCUT2D eigenvalue weighted by Gasteiger charge is 2.21. The molecule has 0 saturated heterocycles. The highest BCUT2D eigenvalue weighted by atomic mass is 16.5. The van der Waals surface area contributed by atoms with Crippen molar-refractivity contribution in [3.05, 3.63) is 46.3 Å². The highest BCUT2D eigenvalue weighted by Crippen LogP contribution is 2.31. The van der Waals surface area contributed by atoms with Crippen molar-refractivity contribution < 1.29 is 9.84 Å². The van der Waals surface area contributed by atoms with E-state index >= 15 is 0 Å². The molecule has 1 aliphatic carbocycles. The van der Waals surface area contributed by atoms with Gasteiger partial charge in [0, 0.05) is 31.7 Å². The minimum Gasteiger partial charge on any atom is -0.496 e. The molecule has 0 fully saturated rings. The average Bonchev–Trinajstić information content (AvgIpc) is 3.16. The summed E-state index contributed by atoms with van der Waals surface area (Å²) in [5, 5.41) is 14.3. The first-order chi connectivity index (χ1) is 12.1. The number of aliphatic hydroxyl groups excluding tert-OH is 1. The summed E-state index contributed by atoms with van der Waals surface area (Å²) >= 11 is 0. The lowest BCUT2D eigenvalue weighted by Gasteiger charge is -2.21. The Morgan fingerprint density at radius 3 is 2.72 bits per heavy atom. The topological polar surface area (TPSA) is 50.5 Å². The molecule has 1 N–H and O–H groups in total. The summed E-state index contributed by atoms with van der Waals surface area (Å²) in [6.07, 6.45) is 4.19. The maximum atomic E-state index is 9.80. The predicted octanol–water partition coefficient (Wildman–Crippen LogP) is 2.84. The molecule has 1 aromatic heterocycles. The molecular weight excluding hydrogens is 314 g/mol. The molecule has 1 unspecified atom stereocenters. The second kappa shape index (κ2) is 6.81. The van der Waals surface area contributed by atoms with Gasteiger partial charge in [0.1, 0.15) is 5.75 Å². The zero-order chi connectivity index (χ0) is 17.4. The van der Waals surface area contributed by atoms with E-state index in [4.69, 9.17) is 4.74 Å². The van der Waals surface area contributed by atoms with E-state index in [0.717, 1.165) is 44.0 Å². The minimum atomic E-state index is -0.510. The Morgan fingerprint density at radius 1 is 1.16 bits per heavy atom. The van der Waals surface area contributed by atoms with Crippen LogP contribution in [0.3, 0.4) is 0 Å². The molecule has 1 aromatic carbocycles. The fourth-order valence-electron chi connectivity index (χ4n) is 4.10. The van der Waals surface area contributed by atoms with E-state index in [-0.39, 0.29) is 0 Å². The van der Waals surface area contributed by atoms with Crippen molar-refractivity contribution in [3.63, 3.8) is 0 Å². The number of hydrogen-bond acceptors (Lipinski definition) is 4. The van der Waals surface area contributed by atoms with Gasteiger partial charge < -0.3 is 9.84 Å². The lowest BCUT2D eigenvalue weighted by Crippen LogP contribution is -2.23. The molecule has 2 aliphatic rings. The van der Waals surface area contributed by atoms with Crippen LogP contribution in [0.5, 0.6) is 5.75 Å². The van der Waals surface area contributed by atoms with E-state index in [9.17, 15) is 5.11 Å². The first-order valence-electron chi connectivity index (χ1n) is 9.29. The van der Waals surface area contributed by atoms with Gasteiger partial charge in [0.2, 0.25) is 0 Å². The van der Waals surface area contributed by atoms with E-state index in [0.29, 0.717) is 0 Å². The molecule has 0 amide bonds. The van der Waals surface area contributed by atoms with E-state index in [1.807, 2.05) is 6.07 Å². The molecule has 5 heteroatoms. The zero-order valence-electron chi connectivity index (χ0n) is 15.2.